The third-order valence-corrected chi connectivity index (χ3v) is 2.71. The van der Waals surface area contributed by atoms with Crippen LogP contribution in [0.5, 0.6) is 0 Å². The van der Waals surface area contributed by atoms with Gasteiger partial charge in [-0.1, -0.05) is 6.07 Å². The first-order valence-electron chi connectivity index (χ1n) is 5.10. The molecule has 15 heavy (non-hydrogen) atoms. The highest BCUT2D eigenvalue weighted by molar-refractivity contribution is 6.07. The highest BCUT2D eigenvalue weighted by Crippen LogP contribution is 2.33. The van der Waals surface area contributed by atoms with Crippen molar-refractivity contribution in [2.75, 3.05) is 0 Å². The first-order valence-corrected chi connectivity index (χ1v) is 5.10. The Labute approximate surface area is 87.2 Å². The molecule has 1 aliphatic carbocycles. The number of benzene rings is 1. The van der Waals surface area contributed by atoms with E-state index in [1.807, 2.05) is 18.2 Å². The van der Waals surface area contributed by atoms with Crippen LogP contribution in [0.1, 0.15) is 23.2 Å². The van der Waals surface area contributed by atoms with Gasteiger partial charge < -0.3 is 0 Å². The number of hydrogen-bond donors (Lipinski definition) is 0. The second kappa shape index (κ2) is 3.12. The number of rotatable bonds is 2. The van der Waals surface area contributed by atoms with Gasteiger partial charge in [0.05, 0.1) is 11.0 Å². The molecule has 0 spiro atoms. The van der Waals surface area contributed by atoms with Crippen molar-refractivity contribution in [2.45, 2.75) is 12.8 Å². The first-order chi connectivity index (χ1) is 7.36. The third-order valence-electron chi connectivity index (χ3n) is 2.71. The van der Waals surface area contributed by atoms with Gasteiger partial charge in [-0.05, 0) is 25.0 Å². The van der Waals surface area contributed by atoms with E-state index in [4.69, 9.17) is 0 Å². The summed E-state index contributed by atoms with van der Waals surface area (Å²) in [6.45, 7) is 0. The van der Waals surface area contributed by atoms with Gasteiger partial charge in [0.25, 0.3) is 0 Å². The molecule has 0 saturated heterocycles. The predicted octanol–water partition coefficient (Wildman–Crippen LogP) is 2.22. The van der Waals surface area contributed by atoms with E-state index in [1.165, 1.54) is 0 Å². The van der Waals surface area contributed by atoms with E-state index in [1.54, 1.807) is 12.4 Å². The van der Waals surface area contributed by atoms with E-state index >= 15 is 0 Å². The normalized spacial score (nSPS) is 15.5. The number of Topliss-reactive ketones (excluding diaryl/α,β-unsaturated/α-hetero) is 1. The summed E-state index contributed by atoms with van der Waals surface area (Å²) < 4.78 is 0. The highest BCUT2D eigenvalue weighted by atomic mass is 16.1. The molecule has 2 aromatic rings. The Bertz CT molecular complexity index is 527. The van der Waals surface area contributed by atoms with Crippen LogP contribution in [0.4, 0.5) is 0 Å². The van der Waals surface area contributed by atoms with Crippen LogP contribution in [0.3, 0.4) is 0 Å². The Morgan fingerprint density at radius 3 is 2.80 bits per heavy atom. The minimum atomic E-state index is 0.223. The van der Waals surface area contributed by atoms with Crippen LogP contribution in [0, 0.1) is 5.92 Å². The maximum Gasteiger partial charge on any atom is 0.168 e. The number of carbonyl (C=O) groups excluding carboxylic acids is 1. The van der Waals surface area contributed by atoms with Gasteiger partial charge in [-0.3, -0.25) is 14.8 Å². The van der Waals surface area contributed by atoms with Gasteiger partial charge in [-0.25, -0.2) is 0 Å². The molecule has 0 N–H and O–H groups in total. The number of fused-ring (bicyclic) bond motifs is 1. The summed E-state index contributed by atoms with van der Waals surface area (Å²) in [5, 5.41) is 0. The van der Waals surface area contributed by atoms with E-state index in [9.17, 15) is 4.79 Å². The summed E-state index contributed by atoms with van der Waals surface area (Å²) in [5.74, 6) is 0.457. The van der Waals surface area contributed by atoms with Crippen LogP contribution in [0.15, 0.2) is 30.6 Å². The molecular weight excluding hydrogens is 188 g/mol. The fourth-order valence-electron chi connectivity index (χ4n) is 1.76. The van der Waals surface area contributed by atoms with Crippen molar-refractivity contribution in [3.8, 4) is 0 Å². The van der Waals surface area contributed by atoms with Gasteiger partial charge >= 0.3 is 0 Å². The number of nitrogens with zero attached hydrogens (tertiary/aromatic N) is 2. The molecule has 0 bridgehead atoms. The summed E-state index contributed by atoms with van der Waals surface area (Å²) >= 11 is 0. The summed E-state index contributed by atoms with van der Waals surface area (Å²) in [6, 6.07) is 5.59. The topological polar surface area (TPSA) is 42.9 Å². The summed E-state index contributed by atoms with van der Waals surface area (Å²) in [6.07, 6.45) is 5.32. The van der Waals surface area contributed by atoms with Gasteiger partial charge in [0.1, 0.15) is 0 Å². The molecule has 1 saturated carbocycles. The Morgan fingerprint density at radius 1 is 1.20 bits per heavy atom. The van der Waals surface area contributed by atoms with Crippen LogP contribution < -0.4 is 0 Å². The van der Waals surface area contributed by atoms with Crippen LogP contribution in [-0.4, -0.2) is 15.8 Å². The minimum Gasteiger partial charge on any atom is -0.294 e. The number of hydrogen-bond acceptors (Lipinski definition) is 3. The third kappa shape index (κ3) is 1.40. The average molecular weight is 198 g/mol. The average Bonchev–Trinajstić information content (AvgIpc) is 3.11. The van der Waals surface area contributed by atoms with Crippen molar-refractivity contribution in [1.29, 1.82) is 0 Å². The maximum absolute atomic E-state index is 12.0. The first kappa shape index (κ1) is 8.53. The Hall–Kier alpha value is -1.77. The molecule has 1 fully saturated rings. The minimum absolute atomic E-state index is 0.223. The van der Waals surface area contributed by atoms with E-state index in [-0.39, 0.29) is 11.7 Å². The van der Waals surface area contributed by atoms with Gasteiger partial charge in [0.2, 0.25) is 0 Å². The molecular formula is C12H10N2O. The van der Waals surface area contributed by atoms with Gasteiger partial charge in [-0.2, -0.15) is 0 Å². The van der Waals surface area contributed by atoms with Gasteiger partial charge in [0.15, 0.2) is 5.78 Å². The monoisotopic (exact) mass is 198 g/mol. The zero-order chi connectivity index (χ0) is 10.3. The Kier molecular flexibility index (Phi) is 1.78. The lowest BCUT2D eigenvalue weighted by molar-refractivity contribution is 0.0969. The molecule has 1 aromatic carbocycles. The summed E-state index contributed by atoms with van der Waals surface area (Å²) in [5.41, 5.74) is 2.25. The van der Waals surface area contributed by atoms with Gasteiger partial charge in [0, 0.05) is 23.9 Å². The summed E-state index contributed by atoms with van der Waals surface area (Å²) in [7, 11) is 0. The van der Waals surface area contributed by atoms with Crippen molar-refractivity contribution in [1.82, 2.24) is 9.97 Å². The van der Waals surface area contributed by atoms with Crippen molar-refractivity contribution < 1.29 is 4.79 Å². The second-order valence-electron chi connectivity index (χ2n) is 3.87. The molecule has 0 aliphatic heterocycles. The molecule has 74 valence electrons. The lowest BCUT2D eigenvalue weighted by atomic mass is 10.1. The van der Waals surface area contributed by atoms with Crippen LogP contribution in [0.25, 0.3) is 11.0 Å². The SMILES string of the molecule is O=C(c1cccc2nccnc12)C1CC1. The molecule has 0 unspecified atom stereocenters. The smallest absolute Gasteiger partial charge is 0.168 e. The molecule has 1 aromatic heterocycles. The lowest BCUT2D eigenvalue weighted by Gasteiger charge is -2.02. The van der Waals surface area contributed by atoms with Crippen LogP contribution in [-0.2, 0) is 0 Å². The Morgan fingerprint density at radius 2 is 2.00 bits per heavy atom. The molecule has 3 nitrogen and oxygen atoms in total. The zero-order valence-corrected chi connectivity index (χ0v) is 8.18. The second-order valence-corrected chi connectivity index (χ2v) is 3.87. The molecule has 0 atom stereocenters. The van der Waals surface area contributed by atoms with Crippen molar-refractivity contribution in [3.63, 3.8) is 0 Å². The largest absolute Gasteiger partial charge is 0.294 e. The molecule has 3 rings (SSSR count). The van der Waals surface area contributed by atoms with Crippen molar-refractivity contribution in [3.05, 3.63) is 36.2 Å². The van der Waals surface area contributed by atoms with Crippen molar-refractivity contribution in [2.24, 2.45) is 5.92 Å². The lowest BCUT2D eigenvalue weighted by Crippen LogP contribution is -2.03. The highest BCUT2D eigenvalue weighted by Gasteiger charge is 2.31. The summed E-state index contributed by atoms with van der Waals surface area (Å²) in [4.78, 5) is 20.4. The molecule has 1 aliphatic rings. The fourth-order valence-corrected chi connectivity index (χ4v) is 1.76. The van der Waals surface area contributed by atoms with E-state index in [2.05, 4.69) is 9.97 Å². The molecule has 0 radical (unpaired) electrons. The predicted molar refractivity (Wildman–Crippen MR) is 56.6 cm³/mol. The van der Waals surface area contributed by atoms with Gasteiger partial charge in [-0.15, -0.1) is 0 Å². The number of carbonyl (C=O) groups is 1. The molecule has 3 heteroatoms. The number of aromatic nitrogens is 2. The maximum atomic E-state index is 12.0. The van der Waals surface area contributed by atoms with E-state index in [0.717, 1.165) is 29.4 Å². The number of para-hydroxylation sites is 1. The molecule has 1 heterocycles. The Balaban J connectivity index is 2.20. The molecule has 0 amide bonds. The quantitative estimate of drug-likeness (QED) is 0.695. The van der Waals surface area contributed by atoms with Crippen molar-refractivity contribution >= 4 is 16.8 Å². The van der Waals surface area contributed by atoms with E-state index in [0.29, 0.717) is 0 Å². The van der Waals surface area contributed by atoms with E-state index < -0.39 is 0 Å². The standard InChI is InChI=1S/C12H10N2O/c15-12(8-4-5-8)9-2-1-3-10-11(9)14-7-6-13-10/h1-3,6-8H,4-5H2. The number of ketones is 1. The zero-order valence-electron chi connectivity index (χ0n) is 8.18. The fraction of sp³-hybridized carbons (Fsp3) is 0.250. The van der Waals surface area contributed by atoms with Crippen LogP contribution in [0.2, 0.25) is 0 Å². The van der Waals surface area contributed by atoms with Crippen LogP contribution >= 0.6 is 0 Å².